The van der Waals surface area contributed by atoms with Gasteiger partial charge in [-0.15, -0.1) is 0 Å². The predicted molar refractivity (Wildman–Crippen MR) is 80.5 cm³/mol. The first-order chi connectivity index (χ1) is 8.44. The smallest absolute Gasteiger partial charge is 0.0289 e. The molecule has 0 bridgehead atoms. The molecular formula is C18H34. The second-order valence-corrected chi connectivity index (χ2v) is 7.92. The van der Waals surface area contributed by atoms with Crippen LogP contribution in [0.15, 0.2) is 0 Å². The summed E-state index contributed by atoms with van der Waals surface area (Å²) in [6, 6.07) is 0. The van der Waals surface area contributed by atoms with Crippen molar-refractivity contribution in [3.8, 4) is 0 Å². The quantitative estimate of drug-likeness (QED) is 0.594. The molecule has 0 aromatic rings. The summed E-state index contributed by atoms with van der Waals surface area (Å²) in [6.45, 7) is 14.9. The number of rotatable bonds is 4. The predicted octanol–water partition coefficient (Wildman–Crippen LogP) is 5.77. The maximum atomic E-state index is 2.62. The van der Waals surface area contributed by atoms with Crippen LogP contribution in [0, 0.1) is 40.9 Å². The average Bonchev–Trinajstić information content (AvgIpc) is 2.77. The van der Waals surface area contributed by atoms with E-state index >= 15 is 0 Å². The van der Waals surface area contributed by atoms with E-state index in [-0.39, 0.29) is 0 Å². The van der Waals surface area contributed by atoms with Crippen molar-refractivity contribution in [3.05, 3.63) is 0 Å². The van der Waals surface area contributed by atoms with Gasteiger partial charge >= 0.3 is 0 Å². The van der Waals surface area contributed by atoms with Gasteiger partial charge < -0.3 is 0 Å². The molecule has 7 unspecified atom stereocenters. The summed E-state index contributed by atoms with van der Waals surface area (Å²) >= 11 is 0. The minimum atomic E-state index is 0.650. The maximum Gasteiger partial charge on any atom is -0.0289 e. The lowest BCUT2D eigenvalue weighted by atomic mass is 9.70. The van der Waals surface area contributed by atoms with Gasteiger partial charge in [0.05, 0.1) is 0 Å². The van der Waals surface area contributed by atoms with Crippen molar-refractivity contribution in [2.75, 3.05) is 0 Å². The Morgan fingerprint density at radius 3 is 2.44 bits per heavy atom. The van der Waals surface area contributed by atoms with E-state index < -0.39 is 0 Å². The normalized spacial score (nSPS) is 49.3. The molecule has 0 N–H and O–H groups in total. The lowest BCUT2D eigenvalue weighted by Gasteiger charge is -2.35. The van der Waals surface area contributed by atoms with Crippen LogP contribution in [0.5, 0.6) is 0 Å². The van der Waals surface area contributed by atoms with E-state index in [2.05, 4.69) is 41.5 Å². The molecule has 0 spiro atoms. The van der Waals surface area contributed by atoms with Crippen LogP contribution in [-0.2, 0) is 0 Å². The Morgan fingerprint density at radius 1 is 1.22 bits per heavy atom. The Kier molecular flexibility index (Phi) is 4.14. The molecule has 0 aromatic carbocycles. The van der Waals surface area contributed by atoms with Crippen molar-refractivity contribution in [1.29, 1.82) is 0 Å². The number of fused-ring (bicyclic) bond motifs is 1. The first-order valence-corrected chi connectivity index (χ1v) is 8.44. The van der Waals surface area contributed by atoms with Crippen LogP contribution in [-0.4, -0.2) is 0 Å². The van der Waals surface area contributed by atoms with Crippen LogP contribution in [0.2, 0.25) is 0 Å². The van der Waals surface area contributed by atoms with Crippen LogP contribution >= 0.6 is 0 Å². The Bertz CT molecular complexity index is 282. The molecule has 0 aliphatic heterocycles. The van der Waals surface area contributed by atoms with Gasteiger partial charge in [-0.3, -0.25) is 0 Å². The molecule has 0 nitrogen and oxygen atoms in total. The molecule has 106 valence electrons. The Hall–Kier alpha value is 0. The van der Waals surface area contributed by atoms with Gasteiger partial charge in [0.25, 0.3) is 0 Å². The Labute approximate surface area is 115 Å². The first-order valence-electron chi connectivity index (χ1n) is 8.44. The second kappa shape index (κ2) is 5.17. The highest BCUT2D eigenvalue weighted by Gasteiger charge is 2.56. The molecule has 7 atom stereocenters. The molecular weight excluding hydrogens is 216 g/mol. The SMILES string of the molecule is CCCC1(C)CC(C(C)CC)C2CC(C)C(C)C21. The molecule has 2 aliphatic rings. The Balaban J connectivity index is 2.25. The molecule has 2 saturated carbocycles. The molecule has 0 heterocycles. The highest BCUT2D eigenvalue weighted by atomic mass is 14.6. The zero-order chi connectivity index (χ0) is 13.5. The summed E-state index contributed by atoms with van der Waals surface area (Å²) in [7, 11) is 0. The van der Waals surface area contributed by atoms with E-state index in [4.69, 9.17) is 0 Å². The van der Waals surface area contributed by atoms with Gasteiger partial charge in [-0.1, -0.05) is 54.4 Å². The third-order valence-electron chi connectivity index (χ3n) is 6.82. The summed E-state index contributed by atoms with van der Waals surface area (Å²) in [4.78, 5) is 0. The third kappa shape index (κ3) is 2.14. The molecule has 2 fully saturated rings. The highest BCUT2D eigenvalue weighted by Crippen LogP contribution is 2.64. The molecule has 2 rings (SSSR count). The van der Waals surface area contributed by atoms with E-state index in [1.165, 1.54) is 32.1 Å². The van der Waals surface area contributed by atoms with E-state index in [0.717, 1.165) is 35.5 Å². The van der Waals surface area contributed by atoms with E-state index in [1.807, 2.05) is 0 Å². The fourth-order valence-electron chi connectivity index (χ4n) is 5.72. The molecule has 18 heavy (non-hydrogen) atoms. The van der Waals surface area contributed by atoms with Crippen molar-refractivity contribution < 1.29 is 0 Å². The molecule has 0 radical (unpaired) electrons. The first kappa shape index (κ1) is 14.4. The van der Waals surface area contributed by atoms with Crippen molar-refractivity contribution in [1.82, 2.24) is 0 Å². The minimum absolute atomic E-state index is 0.650. The molecule has 2 aliphatic carbocycles. The maximum absolute atomic E-state index is 2.62. The summed E-state index contributed by atoms with van der Waals surface area (Å²) in [5.41, 5.74) is 0.650. The summed E-state index contributed by atoms with van der Waals surface area (Å²) in [5.74, 6) is 5.94. The van der Waals surface area contributed by atoms with Gasteiger partial charge in [0.1, 0.15) is 0 Å². The van der Waals surface area contributed by atoms with Crippen molar-refractivity contribution >= 4 is 0 Å². The lowest BCUT2D eigenvalue weighted by molar-refractivity contribution is 0.142. The number of hydrogen-bond donors (Lipinski definition) is 0. The van der Waals surface area contributed by atoms with Crippen LogP contribution in [0.4, 0.5) is 0 Å². The van der Waals surface area contributed by atoms with Crippen molar-refractivity contribution in [2.45, 2.75) is 73.6 Å². The fourth-order valence-corrected chi connectivity index (χ4v) is 5.72. The lowest BCUT2D eigenvalue weighted by Crippen LogP contribution is -2.27. The molecule has 0 amide bonds. The zero-order valence-corrected chi connectivity index (χ0v) is 13.5. The van der Waals surface area contributed by atoms with E-state index in [0.29, 0.717) is 5.41 Å². The van der Waals surface area contributed by atoms with Gasteiger partial charge in [0.15, 0.2) is 0 Å². The van der Waals surface area contributed by atoms with Crippen LogP contribution in [0.3, 0.4) is 0 Å². The van der Waals surface area contributed by atoms with Gasteiger partial charge in [-0.25, -0.2) is 0 Å². The summed E-state index contributed by atoms with van der Waals surface area (Å²) < 4.78 is 0. The van der Waals surface area contributed by atoms with Gasteiger partial charge in [0, 0.05) is 0 Å². The second-order valence-electron chi connectivity index (χ2n) is 7.92. The zero-order valence-electron chi connectivity index (χ0n) is 13.5. The molecule has 0 saturated heterocycles. The average molecular weight is 250 g/mol. The summed E-state index contributed by atoms with van der Waals surface area (Å²) in [5, 5.41) is 0. The largest absolute Gasteiger partial charge is 0.0654 e. The third-order valence-corrected chi connectivity index (χ3v) is 6.82. The fraction of sp³-hybridized carbons (Fsp3) is 1.00. The minimum Gasteiger partial charge on any atom is -0.0654 e. The van der Waals surface area contributed by atoms with Gasteiger partial charge in [-0.2, -0.15) is 0 Å². The standard InChI is InChI=1S/C18H34/c1-7-9-18(6)11-16(12(3)8-2)15-10-13(4)14(5)17(15)18/h12-17H,7-11H2,1-6H3. The van der Waals surface area contributed by atoms with Crippen LogP contribution in [0.1, 0.15) is 73.6 Å². The van der Waals surface area contributed by atoms with Gasteiger partial charge in [-0.05, 0) is 60.2 Å². The van der Waals surface area contributed by atoms with Gasteiger partial charge in [0.2, 0.25) is 0 Å². The molecule has 0 heteroatoms. The Morgan fingerprint density at radius 2 is 1.89 bits per heavy atom. The topological polar surface area (TPSA) is 0 Å². The monoisotopic (exact) mass is 250 g/mol. The highest BCUT2D eigenvalue weighted by molar-refractivity contribution is 5.05. The number of hydrogen-bond acceptors (Lipinski definition) is 0. The van der Waals surface area contributed by atoms with Crippen molar-refractivity contribution in [2.24, 2.45) is 40.9 Å². The van der Waals surface area contributed by atoms with Crippen molar-refractivity contribution in [3.63, 3.8) is 0 Å². The summed E-state index contributed by atoms with van der Waals surface area (Å²) in [6.07, 6.45) is 7.23. The molecule has 0 aromatic heterocycles. The van der Waals surface area contributed by atoms with Crippen LogP contribution < -0.4 is 0 Å². The van der Waals surface area contributed by atoms with E-state index in [9.17, 15) is 0 Å². The van der Waals surface area contributed by atoms with Crippen LogP contribution in [0.25, 0.3) is 0 Å². The van der Waals surface area contributed by atoms with E-state index in [1.54, 1.807) is 0 Å².